The Kier molecular flexibility index (Phi) is 7.13. The summed E-state index contributed by atoms with van der Waals surface area (Å²) in [6.45, 7) is 7.02. The molecule has 0 spiro atoms. The van der Waals surface area contributed by atoms with Crippen LogP contribution in [-0.2, 0) is 11.3 Å². The van der Waals surface area contributed by atoms with Gasteiger partial charge < -0.3 is 14.7 Å². The first kappa shape index (κ1) is 20.2. The summed E-state index contributed by atoms with van der Waals surface area (Å²) in [6, 6.07) is 8.03. The van der Waals surface area contributed by atoms with E-state index in [1.807, 2.05) is 23.1 Å². The second-order valence-corrected chi connectivity index (χ2v) is 8.16. The lowest BCUT2D eigenvalue weighted by atomic mass is 9.78. The van der Waals surface area contributed by atoms with E-state index in [2.05, 4.69) is 17.9 Å². The Morgan fingerprint density at radius 1 is 1.15 bits per heavy atom. The molecule has 2 aliphatic rings. The Hall–Kier alpha value is -1.59. The van der Waals surface area contributed by atoms with Crippen molar-refractivity contribution in [3.63, 3.8) is 0 Å². The van der Waals surface area contributed by atoms with Crippen molar-refractivity contribution >= 4 is 5.91 Å². The Bertz CT molecular complexity index is 609. The standard InChI is InChI=1S/C22H34N2O3/c1-2-22(18-25)11-8-12-23(17-22)15-19-9-4-5-10-20(19)27-16-21(26)24-13-6-3-7-14-24/h4-5,9-10,25H,2-3,6-8,11-18H2,1H3. The number of aliphatic hydroxyl groups excluding tert-OH is 1. The molecule has 1 amide bonds. The van der Waals surface area contributed by atoms with Gasteiger partial charge in [0, 0.05) is 43.8 Å². The lowest BCUT2D eigenvalue weighted by molar-refractivity contribution is -0.134. The van der Waals surface area contributed by atoms with E-state index in [4.69, 9.17) is 4.74 Å². The first-order valence-corrected chi connectivity index (χ1v) is 10.5. The largest absolute Gasteiger partial charge is 0.483 e. The van der Waals surface area contributed by atoms with E-state index in [9.17, 15) is 9.90 Å². The molecule has 2 heterocycles. The molecule has 1 aromatic carbocycles. The highest BCUT2D eigenvalue weighted by Crippen LogP contribution is 2.34. The van der Waals surface area contributed by atoms with Crippen LogP contribution in [0.15, 0.2) is 24.3 Å². The van der Waals surface area contributed by atoms with Gasteiger partial charge in [-0.3, -0.25) is 9.69 Å². The Morgan fingerprint density at radius 3 is 2.67 bits per heavy atom. The average molecular weight is 375 g/mol. The molecule has 27 heavy (non-hydrogen) atoms. The minimum atomic E-state index is 0.0261. The van der Waals surface area contributed by atoms with Gasteiger partial charge in [-0.1, -0.05) is 25.1 Å². The van der Waals surface area contributed by atoms with Gasteiger partial charge in [-0.2, -0.15) is 0 Å². The maximum atomic E-state index is 12.4. The monoisotopic (exact) mass is 374 g/mol. The number of benzene rings is 1. The van der Waals surface area contributed by atoms with Crippen molar-refractivity contribution < 1.29 is 14.6 Å². The molecule has 2 aliphatic heterocycles. The van der Waals surface area contributed by atoms with Crippen LogP contribution in [0.3, 0.4) is 0 Å². The van der Waals surface area contributed by atoms with Gasteiger partial charge in [0.15, 0.2) is 6.61 Å². The molecule has 0 aliphatic carbocycles. The van der Waals surface area contributed by atoms with Crippen LogP contribution in [0.1, 0.15) is 51.0 Å². The van der Waals surface area contributed by atoms with Crippen molar-refractivity contribution in [3.8, 4) is 5.75 Å². The second-order valence-electron chi connectivity index (χ2n) is 8.16. The molecule has 0 saturated carbocycles. The summed E-state index contributed by atoms with van der Waals surface area (Å²) < 4.78 is 5.93. The minimum Gasteiger partial charge on any atom is -0.483 e. The third-order valence-electron chi connectivity index (χ3n) is 6.25. The van der Waals surface area contributed by atoms with Crippen LogP contribution in [0.4, 0.5) is 0 Å². The van der Waals surface area contributed by atoms with Crippen molar-refractivity contribution in [2.45, 2.75) is 52.0 Å². The number of likely N-dealkylation sites (tertiary alicyclic amines) is 2. The van der Waals surface area contributed by atoms with Gasteiger partial charge in [-0.15, -0.1) is 0 Å². The number of para-hydroxylation sites is 1. The zero-order chi connectivity index (χ0) is 19.1. The van der Waals surface area contributed by atoms with E-state index >= 15 is 0 Å². The number of amides is 1. The quantitative estimate of drug-likeness (QED) is 0.797. The summed E-state index contributed by atoms with van der Waals surface area (Å²) in [6.07, 6.45) is 6.63. The number of carbonyl (C=O) groups excluding carboxylic acids is 1. The molecule has 5 nitrogen and oxygen atoms in total. The van der Waals surface area contributed by atoms with Gasteiger partial charge in [0.05, 0.1) is 0 Å². The molecule has 5 heteroatoms. The third-order valence-corrected chi connectivity index (χ3v) is 6.25. The van der Waals surface area contributed by atoms with Gasteiger partial charge in [0.25, 0.3) is 5.91 Å². The Labute approximate surface area is 163 Å². The van der Waals surface area contributed by atoms with Crippen LogP contribution in [0, 0.1) is 5.41 Å². The molecule has 1 unspecified atom stereocenters. The molecule has 1 atom stereocenters. The summed E-state index contributed by atoms with van der Waals surface area (Å²) in [5.74, 6) is 0.896. The number of carbonyl (C=O) groups is 1. The molecule has 150 valence electrons. The average Bonchev–Trinajstić information content (AvgIpc) is 2.73. The van der Waals surface area contributed by atoms with Crippen LogP contribution in [0.25, 0.3) is 0 Å². The van der Waals surface area contributed by atoms with Crippen LogP contribution < -0.4 is 4.74 Å². The van der Waals surface area contributed by atoms with Gasteiger partial charge in [-0.05, 0) is 51.1 Å². The Balaban J connectivity index is 1.59. The summed E-state index contributed by atoms with van der Waals surface area (Å²) in [5, 5.41) is 9.86. The maximum absolute atomic E-state index is 12.4. The van der Waals surface area contributed by atoms with Gasteiger partial charge in [0.2, 0.25) is 0 Å². The summed E-state index contributed by atoms with van der Waals surface area (Å²) in [7, 11) is 0. The Morgan fingerprint density at radius 2 is 1.93 bits per heavy atom. The normalized spacial score (nSPS) is 24.0. The van der Waals surface area contributed by atoms with Crippen molar-refractivity contribution in [2.24, 2.45) is 5.41 Å². The fourth-order valence-corrected chi connectivity index (χ4v) is 4.36. The van der Waals surface area contributed by atoms with Crippen molar-refractivity contribution in [3.05, 3.63) is 29.8 Å². The summed E-state index contributed by atoms with van der Waals surface area (Å²) in [5.41, 5.74) is 1.15. The molecule has 0 bridgehead atoms. The maximum Gasteiger partial charge on any atom is 0.260 e. The number of nitrogens with zero attached hydrogens (tertiary/aromatic N) is 2. The lowest BCUT2D eigenvalue weighted by Gasteiger charge is -2.41. The van der Waals surface area contributed by atoms with E-state index in [-0.39, 0.29) is 24.5 Å². The number of aliphatic hydroxyl groups is 1. The van der Waals surface area contributed by atoms with Gasteiger partial charge in [-0.25, -0.2) is 0 Å². The van der Waals surface area contributed by atoms with Crippen molar-refractivity contribution in [1.29, 1.82) is 0 Å². The van der Waals surface area contributed by atoms with Gasteiger partial charge in [0.1, 0.15) is 5.75 Å². The van der Waals surface area contributed by atoms with E-state index in [0.717, 1.165) is 76.1 Å². The minimum absolute atomic E-state index is 0.0261. The van der Waals surface area contributed by atoms with E-state index < -0.39 is 0 Å². The highest BCUT2D eigenvalue weighted by molar-refractivity contribution is 5.77. The van der Waals surface area contributed by atoms with Crippen LogP contribution >= 0.6 is 0 Å². The lowest BCUT2D eigenvalue weighted by Crippen LogP contribution is -2.44. The number of piperidine rings is 2. The van der Waals surface area contributed by atoms with E-state index in [1.165, 1.54) is 6.42 Å². The molecule has 1 aromatic rings. The number of hydrogen-bond acceptors (Lipinski definition) is 4. The van der Waals surface area contributed by atoms with Gasteiger partial charge >= 0.3 is 0 Å². The van der Waals surface area contributed by atoms with Crippen LogP contribution in [0.2, 0.25) is 0 Å². The molecule has 0 aromatic heterocycles. The molecular formula is C22H34N2O3. The van der Waals surface area contributed by atoms with E-state index in [1.54, 1.807) is 0 Å². The van der Waals surface area contributed by atoms with Crippen LogP contribution in [0.5, 0.6) is 5.75 Å². The zero-order valence-corrected chi connectivity index (χ0v) is 16.7. The molecular weight excluding hydrogens is 340 g/mol. The summed E-state index contributed by atoms with van der Waals surface area (Å²) >= 11 is 0. The third kappa shape index (κ3) is 5.23. The smallest absolute Gasteiger partial charge is 0.260 e. The van der Waals surface area contributed by atoms with Crippen molar-refractivity contribution in [2.75, 3.05) is 39.4 Å². The topological polar surface area (TPSA) is 53.0 Å². The molecule has 2 saturated heterocycles. The highest BCUT2D eigenvalue weighted by atomic mass is 16.5. The predicted octanol–water partition coefficient (Wildman–Crippen LogP) is 3.06. The SMILES string of the molecule is CCC1(CO)CCCN(Cc2ccccc2OCC(=O)N2CCCCC2)C1. The fourth-order valence-electron chi connectivity index (χ4n) is 4.36. The number of rotatable bonds is 7. The number of ether oxygens (including phenoxy) is 1. The number of hydrogen-bond donors (Lipinski definition) is 1. The molecule has 0 radical (unpaired) electrons. The second kappa shape index (κ2) is 9.56. The molecule has 2 fully saturated rings. The van der Waals surface area contributed by atoms with Crippen molar-refractivity contribution in [1.82, 2.24) is 9.80 Å². The summed E-state index contributed by atoms with van der Waals surface area (Å²) in [4.78, 5) is 16.7. The first-order valence-electron chi connectivity index (χ1n) is 10.5. The predicted molar refractivity (Wildman–Crippen MR) is 107 cm³/mol. The zero-order valence-electron chi connectivity index (χ0n) is 16.7. The highest BCUT2D eigenvalue weighted by Gasteiger charge is 2.33. The molecule has 1 N–H and O–H groups in total. The first-order chi connectivity index (χ1) is 13.2. The van der Waals surface area contributed by atoms with E-state index in [0.29, 0.717) is 0 Å². The fraction of sp³-hybridized carbons (Fsp3) is 0.682. The molecule has 3 rings (SSSR count). The van der Waals surface area contributed by atoms with Crippen LogP contribution in [-0.4, -0.2) is 60.2 Å².